The summed E-state index contributed by atoms with van der Waals surface area (Å²) >= 11 is 0. The van der Waals surface area contributed by atoms with Crippen LogP contribution in [0.1, 0.15) is 18.1 Å². The highest BCUT2D eigenvalue weighted by atomic mass is 32.2. The van der Waals surface area contributed by atoms with Gasteiger partial charge in [-0.05, 0) is 50.2 Å². The summed E-state index contributed by atoms with van der Waals surface area (Å²) in [4.78, 5) is 12.8. The van der Waals surface area contributed by atoms with Gasteiger partial charge in [0.1, 0.15) is 18.0 Å². The van der Waals surface area contributed by atoms with Gasteiger partial charge in [0.25, 0.3) is 15.9 Å². The number of hydrogen-bond acceptors (Lipinski definition) is 6. The van der Waals surface area contributed by atoms with Gasteiger partial charge in [-0.25, -0.2) is 13.8 Å². The minimum Gasteiger partial charge on any atom is -0.507 e. The molecule has 0 aliphatic rings. The van der Waals surface area contributed by atoms with Crippen molar-refractivity contribution >= 4 is 27.3 Å². The number of hydrogen-bond donors (Lipinski definition) is 2. The molecule has 172 valence electrons. The van der Waals surface area contributed by atoms with Crippen molar-refractivity contribution in [3.63, 3.8) is 0 Å². The Kier molecular flexibility index (Phi) is 7.34. The predicted molar refractivity (Wildman–Crippen MR) is 127 cm³/mol. The van der Waals surface area contributed by atoms with Crippen molar-refractivity contribution in [3.05, 3.63) is 83.9 Å². The fraction of sp³-hybridized carbons (Fsp3) is 0.167. The lowest BCUT2D eigenvalue weighted by molar-refractivity contribution is -0.119. The van der Waals surface area contributed by atoms with E-state index in [0.717, 1.165) is 9.87 Å². The molecule has 0 spiro atoms. The first-order chi connectivity index (χ1) is 15.7. The lowest BCUT2D eigenvalue weighted by Gasteiger charge is -2.24. The first-order valence-corrected chi connectivity index (χ1v) is 11.5. The molecule has 0 aliphatic heterocycles. The molecule has 0 saturated carbocycles. The monoisotopic (exact) mass is 467 g/mol. The molecule has 3 rings (SSSR count). The van der Waals surface area contributed by atoms with Crippen molar-refractivity contribution in [1.82, 2.24) is 5.43 Å². The molecule has 0 atom stereocenters. The van der Waals surface area contributed by atoms with E-state index >= 15 is 0 Å². The van der Waals surface area contributed by atoms with Crippen LogP contribution in [0.4, 0.5) is 5.69 Å². The molecule has 3 aromatic carbocycles. The third-order valence-corrected chi connectivity index (χ3v) is 6.67. The summed E-state index contributed by atoms with van der Waals surface area (Å²) in [5.74, 6) is -0.179. The fourth-order valence-corrected chi connectivity index (χ4v) is 4.48. The number of nitrogens with zero attached hydrogens (tertiary/aromatic N) is 2. The first-order valence-electron chi connectivity index (χ1n) is 10.1. The zero-order valence-electron chi connectivity index (χ0n) is 18.5. The average Bonchev–Trinajstić information content (AvgIpc) is 2.81. The molecule has 0 bridgehead atoms. The summed E-state index contributed by atoms with van der Waals surface area (Å²) in [5.41, 5.74) is 4.38. The topological polar surface area (TPSA) is 108 Å². The van der Waals surface area contributed by atoms with Crippen molar-refractivity contribution in [2.45, 2.75) is 18.7 Å². The number of hydrazone groups is 1. The molecule has 0 aromatic heterocycles. The van der Waals surface area contributed by atoms with Crippen LogP contribution < -0.4 is 14.5 Å². The maximum absolute atomic E-state index is 13.4. The summed E-state index contributed by atoms with van der Waals surface area (Å²) in [6, 6.07) is 19.4. The molecule has 1 amide bonds. The average molecular weight is 468 g/mol. The van der Waals surface area contributed by atoms with Gasteiger partial charge in [0.05, 0.1) is 23.4 Å². The summed E-state index contributed by atoms with van der Waals surface area (Å²) in [6.07, 6.45) is 0. The molecule has 2 N–H and O–H groups in total. The Morgan fingerprint density at radius 2 is 1.76 bits per heavy atom. The molecule has 9 heteroatoms. The van der Waals surface area contributed by atoms with Gasteiger partial charge in [-0.3, -0.25) is 9.10 Å². The molecular weight excluding hydrogens is 442 g/mol. The molecular formula is C24H25N3O5S. The first kappa shape index (κ1) is 23.8. The second kappa shape index (κ2) is 10.2. The van der Waals surface area contributed by atoms with Crippen molar-refractivity contribution in [2.24, 2.45) is 5.10 Å². The summed E-state index contributed by atoms with van der Waals surface area (Å²) < 4.78 is 33.1. The van der Waals surface area contributed by atoms with E-state index in [4.69, 9.17) is 4.74 Å². The molecule has 0 aliphatic carbocycles. The van der Waals surface area contributed by atoms with E-state index in [0.29, 0.717) is 17.0 Å². The van der Waals surface area contributed by atoms with Gasteiger partial charge in [-0.1, -0.05) is 35.9 Å². The van der Waals surface area contributed by atoms with Crippen LogP contribution >= 0.6 is 0 Å². The number of ether oxygens (including phenoxy) is 1. The standard InChI is InChI=1S/C24H25N3O5S/c1-17-11-13-21(14-12-17)33(30,31)27(19-7-6-8-20(15-19)32-3)16-24(29)26-25-18(2)22-9-4-5-10-23(22)28/h4-15,28H,16H2,1-3H3,(H,26,29)/b25-18-. The number of carbonyl (C=O) groups is 1. The van der Waals surface area contributed by atoms with Crippen LogP contribution in [0, 0.1) is 6.92 Å². The van der Waals surface area contributed by atoms with Gasteiger partial charge in [0.15, 0.2) is 0 Å². The molecule has 0 unspecified atom stereocenters. The van der Waals surface area contributed by atoms with Gasteiger partial charge in [0.2, 0.25) is 0 Å². The highest BCUT2D eigenvalue weighted by molar-refractivity contribution is 7.92. The Morgan fingerprint density at radius 3 is 2.42 bits per heavy atom. The zero-order valence-corrected chi connectivity index (χ0v) is 19.3. The van der Waals surface area contributed by atoms with Crippen molar-refractivity contribution in [3.8, 4) is 11.5 Å². The van der Waals surface area contributed by atoms with E-state index in [1.54, 1.807) is 55.5 Å². The smallest absolute Gasteiger partial charge is 0.264 e. The van der Waals surface area contributed by atoms with Gasteiger partial charge in [0, 0.05) is 11.6 Å². The zero-order chi connectivity index (χ0) is 24.0. The van der Waals surface area contributed by atoms with Crippen molar-refractivity contribution < 1.29 is 23.1 Å². The van der Waals surface area contributed by atoms with Gasteiger partial charge in [-0.15, -0.1) is 0 Å². The second-order valence-corrected chi connectivity index (χ2v) is 9.14. The van der Waals surface area contributed by atoms with E-state index in [-0.39, 0.29) is 16.3 Å². The van der Waals surface area contributed by atoms with Crippen LogP contribution in [0.5, 0.6) is 11.5 Å². The Hall–Kier alpha value is -3.85. The SMILES string of the molecule is COc1cccc(N(CC(=O)N/N=C(/C)c2ccccc2O)S(=O)(=O)c2ccc(C)cc2)c1. The summed E-state index contributed by atoms with van der Waals surface area (Å²) in [7, 11) is -2.59. The number of aromatic hydroxyl groups is 1. The predicted octanol–water partition coefficient (Wildman–Crippen LogP) is 3.44. The highest BCUT2D eigenvalue weighted by Gasteiger charge is 2.27. The van der Waals surface area contributed by atoms with E-state index < -0.39 is 22.5 Å². The number of sulfonamides is 1. The van der Waals surface area contributed by atoms with Gasteiger partial charge >= 0.3 is 0 Å². The van der Waals surface area contributed by atoms with Gasteiger partial charge < -0.3 is 9.84 Å². The van der Waals surface area contributed by atoms with E-state index in [1.807, 2.05) is 6.92 Å². The Balaban J connectivity index is 1.91. The number of methoxy groups -OCH3 is 1. The number of nitrogens with one attached hydrogen (secondary N) is 1. The van der Waals surface area contributed by atoms with E-state index in [1.165, 1.54) is 31.4 Å². The number of para-hydroxylation sites is 1. The number of benzene rings is 3. The normalized spacial score (nSPS) is 11.7. The second-order valence-electron chi connectivity index (χ2n) is 7.28. The number of phenolic OH excluding ortho intramolecular Hbond substituents is 1. The van der Waals surface area contributed by atoms with Crippen LogP contribution in [0.2, 0.25) is 0 Å². The highest BCUT2D eigenvalue weighted by Crippen LogP contribution is 2.27. The van der Waals surface area contributed by atoms with Crippen LogP contribution in [0.25, 0.3) is 0 Å². The Labute approximate surface area is 193 Å². The Morgan fingerprint density at radius 1 is 1.06 bits per heavy atom. The third kappa shape index (κ3) is 5.69. The number of anilines is 1. The molecule has 0 saturated heterocycles. The minimum absolute atomic E-state index is 0.0213. The largest absolute Gasteiger partial charge is 0.507 e. The number of phenols is 1. The molecule has 3 aromatic rings. The van der Waals surface area contributed by atoms with Crippen LogP contribution in [0.15, 0.2) is 82.8 Å². The lowest BCUT2D eigenvalue weighted by Crippen LogP contribution is -2.39. The summed E-state index contributed by atoms with van der Waals surface area (Å²) in [6.45, 7) is 2.97. The maximum Gasteiger partial charge on any atom is 0.264 e. The number of carbonyl (C=O) groups excluding carboxylic acids is 1. The van der Waals surface area contributed by atoms with Crippen molar-refractivity contribution in [1.29, 1.82) is 0 Å². The number of amides is 1. The van der Waals surface area contributed by atoms with Crippen LogP contribution in [0.3, 0.4) is 0 Å². The molecule has 8 nitrogen and oxygen atoms in total. The van der Waals surface area contributed by atoms with E-state index in [2.05, 4.69) is 10.5 Å². The Bertz CT molecular complexity index is 1270. The molecule has 0 radical (unpaired) electrons. The van der Waals surface area contributed by atoms with Crippen LogP contribution in [-0.2, 0) is 14.8 Å². The molecule has 0 heterocycles. The van der Waals surface area contributed by atoms with E-state index in [9.17, 15) is 18.3 Å². The molecule has 33 heavy (non-hydrogen) atoms. The maximum atomic E-state index is 13.4. The quantitative estimate of drug-likeness (QED) is 0.390. The summed E-state index contributed by atoms with van der Waals surface area (Å²) in [5, 5.41) is 14.0. The van der Waals surface area contributed by atoms with Crippen molar-refractivity contribution in [2.75, 3.05) is 18.0 Å². The minimum atomic E-state index is -4.06. The number of aryl methyl sites for hydroxylation is 1. The fourth-order valence-electron chi connectivity index (χ4n) is 3.07. The third-order valence-electron chi connectivity index (χ3n) is 4.88. The molecule has 0 fully saturated rings. The van der Waals surface area contributed by atoms with Crippen LogP contribution in [-0.4, -0.2) is 38.8 Å². The lowest BCUT2D eigenvalue weighted by atomic mass is 10.1. The number of rotatable bonds is 8. The van der Waals surface area contributed by atoms with Gasteiger partial charge in [-0.2, -0.15) is 5.10 Å².